The number of carbonyl (C=O) groups excluding carboxylic acids is 1. The van der Waals surface area contributed by atoms with Crippen LogP contribution in [0.15, 0.2) is 10.5 Å². The Kier molecular flexibility index (Phi) is 4.20. The van der Waals surface area contributed by atoms with Crippen molar-refractivity contribution in [2.24, 2.45) is 5.92 Å². The first-order chi connectivity index (χ1) is 10.6. The van der Waals surface area contributed by atoms with Crippen LogP contribution in [-0.2, 0) is 11.2 Å². The Bertz CT molecular complexity index is 569. The molecule has 1 atom stereocenters. The quantitative estimate of drug-likeness (QED) is 0.871. The summed E-state index contributed by atoms with van der Waals surface area (Å²) in [5.74, 6) is -0.390. The molecule has 1 saturated carbocycles. The van der Waals surface area contributed by atoms with Crippen molar-refractivity contribution in [1.29, 1.82) is 0 Å². The van der Waals surface area contributed by atoms with Gasteiger partial charge in [-0.1, -0.05) is 6.92 Å². The molecule has 6 heteroatoms. The van der Waals surface area contributed by atoms with Gasteiger partial charge in [0.05, 0.1) is 6.61 Å². The molecule has 1 aliphatic heterocycles. The number of hydrogen-bond acceptors (Lipinski definition) is 4. The Morgan fingerprint density at radius 1 is 1.36 bits per heavy atom. The average Bonchev–Trinajstić information content (AvgIpc) is 3.04. The van der Waals surface area contributed by atoms with Crippen LogP contribution in [0.3, 0.4) is 0 Å². The van der Waals surface area contributed by atoms with Crippen molar-refractivity contribution in [3.8, 4) is 0 Å². The van der Waals surface area contributed by atoms with Crippen molar-refractivity contribution in [3.05, 3.63) is 23.2 Å². The van der Waals surface area contributed by atoms with Crippen molar-refractivity contribution < 1.29 is 23.8 Å². The zero-order chi connectivity index (χ0) is 15.7. The van der Waals surface area contributed by atoms with Crippen LogP contribution in [0, 0.1) is 5.92 Å². The van der Waals surface area contributed by atoms with Crippen LogP contribution >= 0.6 is 0 Å². The third-order valence-electron chi connectivity index (χ3n) is 4.30. The molecule has 0 bridgehead atoms. The van der Waals surface area contributed by atoms with Gasteiger partial charge in [0.1, 0.15) is 11.3 Å². The van der Waals surface area contributed by atoms with Gasteiger partial charge in [-0.2, -0.15) is 0 Å². The van der Waals surface area contributed by atoms with Crippen molar-refractivity contribution in [3.63, 3.8) is 0 Å². The molecular formula is C16H21NO5. The van der Waals surface area contributed by atoms with Gasteiger partial charge in [-0.3, -0.25) is 4.79 Å². The zero-order valence-corrected chi connectivity index (χ0v) is 12.7. The number of amides is 1. The molecule has 1 saturated heterocycles. The predicted octanol–water partition coefficient (Wildman–Crippen LogP) is 2.18. The second-order valence-electron chi connectivity index (χ2n) is 6.02. The number of rotatable bonds is 6. The first-order valence-electron chi connectivity index (χ1n) is 7.84. The monoisotopic (exact) mass is 307 g/mol. The van der Waals surface area contributed by atoms with E-state index in [1.807, 2.05) is 11.8 Å². The summed E-state index contributed by atoms with van der Waals surface area (Å²) in [5.41, 5.74) is 0.0887. The third kappa shape index (κ3) is 3.02. The molecular weight excluding hydrogens is 286 g/mol. The molecule has 2 heterocycles. The normalized spacial score (nSPS) is 21.0. The van der Waals surface area contributed by atoms with Gasteiger partial charge < -0.3 is 19.2 Å². The molecule has 0 radical (unpaired) electrons. The molecule has 6 nitrogen and oxygen atoms in total. The highest BCUT2D eigenvalue weighted by atomic mass is 16.5. The topological polar surface area (TPSA) is 80.0 Å². The van der Waals surface area contributed by atoms with E-state index < -0.39 is 5.97 Å². The Labute approximate surface area is 129 Å². The summed E-state index contributed by atoms with van der Waals surface area (Å²) >= 11 is 0. The Balaban J connectivity index is 1.79. The van der Waals surface area contributed by atoms with Gasteiger partial charge in [-0.25, -0.2) is 4.79 Å². The average molecular weight is 307 g/mol. The summed E-state index contributed by atoms with van der Waals surface area (Å²) < 4.78 is 10.9. The van der Waals surface area contributed by atoms with Gasteiger partial charge in [0.2, 0.25) is 0 Å². The molecule has 120 valence electrons. The van der Waals surface area contributed by atoms with E-state index in [1.54, 1.807) is 0 Å². The number of hydrogen-bond donors (Lipinski definition) is 1. The van der Waals surface area contributed by atoms with Crippen LogP contribution in [0.5, 0.6) is 0 Å². The van der Waals surface area contributed by atoms with Crippen LogP contribution in [0.4, 0.5) is 0 Å². The highest BCUT2D eigenvalue weighted by Gasteiger charge is 2.37. The maximum atomic E-state index is 12.7. The summed E-state index contributed by atoms with van der Waals surface area (Å²) in [5, 5.41) is 9.18. The van der Waals surface area contributed by atoms with Crippen LogP contribution in [0.2, 0.25) is 0 Å². The van der Waals surface area contributed by atoms with E-state index >= 15 is 0 Å². The van der Waals surface area contributed by atoms with Crippen LogP contribution < -0.4 is 0 Å². The van der Waals surface area contributed by atoms with Gasteiger partial charge in [0.15, 0.2) is 5.76 Å². The van der Waals surface area contributed by atoms with E-state index in [9.17, 15) is 14.7 Å². The summed E-state index contributed by atoms with van der Waals surface area (Å²) in [7, 11) is 0. The zero-order valence-electron chi connectivity index (χ0n) is 12.7. The van der Waals surface area contributed by atoms with Crippen molar-refractivity contribution in [1.82, 2.24) is 4.90 Å². The lowest BCUT2D eigenvalue weighted by molar-refractivity contribution is 0.0668. The molecule has 0 aromatic carbocycles. The highest BCUT2D eigenvalue weighted by molar-refractivity contribution is 5.96. The van der Waals surface area contributed by atoms with E-state index in [0.717, 1.165) is 25.9 Å². The van der Waals surface area contributed by atoms with Crippen molar-refractivity contribution in [2.75, 3.05) is 19.8 Å². The van der Waals surface area contributed by atoms with Gasteiger partial charge in [0.25, 0.3) is 5.91 Å². The summed E-state index contributed by atoms with van der Waals surface area (Å²) in [6.45, 7) is 3.92. The van der Waals surface area contributed by atoms with E-state index in [1.165, 1.54) is 6.07 Å². The number of ether oxygens (including phenoxy) is 1. The fourth-order valence-corrected chi connectivity index (χ4v) is 2.91. The minimum atomic E-state index is -1.05. The standard InChI is InChI=1S/C16H21NO5/c1-2-13-12(16(19)20)7-14(22-13)15(18)17(11-3-4-11)8-10-5-6-21-9-10/h7,10-11H,2-6,8-9H2,1H3,(H,19,20). The number of carboxylic acid groups (broad SMARTS) is 1. The van der Waals surface area contributed by atoms with Gasteiger partial charge >= 0.3 is 5.97 Å². The van der Waals surface area contributed by atoms with Gasteiger partial charge in [0, 0.05) is 37.6 Å². The molecule has 1 aliphatic carbocycles. The lowest BCUT2D eigenvalue weighted by Gasteiger charge is -2.24. The number of nitrogens with zero attached hydrogens (tertiary/aromatic N) is 1. The molecule has 2 aliphatic rings. The largest absolute Gasteiger partial charge is 0.478 e. The van der Waals surface area contributed by atoms with E-state index in [4.69, 9.17) is 9.15 Å². The fraction of sp³-hybridized carbons (Fsp3) is 0.625. The van der Waals surface area contributed by atoms with E-state index in [2.05, 4.69) is 0 Å². The van der Waals surface area contributed by atoms with E-state index in [0.29, 0.717) is 31.3 Å². The molecule has 3 rings (SSSR count). The lowest BCUT2D eigenvalue weighted by atomic mass is 10.1. The van der Waals surface area contributed by atoms with E-state index in [-0.39, 0.29) is 23.3 Å². The maximum absolute atomic E-state index is 12.7. The summed E-state index contributed by atoms with van der Waals surface area (Å²) in [6.07, 6.45) is 3.43. The molecule has 1 unspecified atom stereocenters. The van der Waals surface area contributed by atoms with Crippen molar-refractivity contribution in [2.45, 2.75) is 38.6 Å². The smallest absolute Gasteiger partial charge is 0.339 e. The molecule has 22 heavy (non-hydrogen) atoms. The van der Waals surface area contributed by atoms with Crippen molar-refractivity contribution >= 4 is 11.9 Å². The molecule has 1 aromatic rings. The van der Waals surface area contributed by atoms with Crippen LogP contribution in [-0.4, -0.2) is 47.7 Å². The lowest BCUT2D eigenvalue weighted by Crippen LogP contribution is -2.37. The summed E-state index contributed by atoms with van der Waals surface area (Å²) in [4.78, 5) is 25.8. The predicted molar refractivity (Wildman–Crippen MR) is 78.0 cm³/mol. The molecule has 1 aromatic heterocycles. The SMILES string of the molecule is CCc1oc(C(=O)N(CC2CCOC2)C2CC2)cc1C(=O)O. The second kappa shape index (κ2) is 6.12. The summed E-state index contributed by atoms with van der Waals surface area (Å²) in [6, 6.07) is 1.63. The Hall–Kier alpha value is -1.82. The second-order valence-corrected chi connectivity index (χ2v) is 6.02. The maximum Gasteiger partial charge on any atom is 0.339 e. The number of furan rings is 1. The molecule has 1 N–H and O–H groups in total. The minimum Gasteiger partial charge on any atom is -0.478 e. The van der Waals surface area contributed by atoms with Gasteiger partial charge in [-0.05, 0) is 19.3 Å². The number of aromatic carboxylic acids is 1. The molecule has 1 amide bonds. The van der Waals surface area contributed by atoms with Crippen LogP contribution in [0.1, 0.15) is 52.9 Å². The Morgan fingerprint density at radius 3 is 2.64 bits per heavy atom. The number of carbonyl (C=O) groups is 2. The molecule has 2 fully saturated rings. The third-order valence-corrected chi connectivity index (χ3v) is 4.30. The van der Waals surface area contributed by atoms with Gasteiger partial charge in [-0.15, -0.1) is 0 Å². The first kappa shape index (κ1) is 15.1. The highest BCUT2D eigenvalue weighted by Crippen LogP contribution is 2.31. The fourth-order valence-electron chi connectivity index (χ4n) is 2.91. The van der Waals surface area contributed by atoms with Crippen LogP contribution in [0.25, 0.3) is 0 Å². The Morgan fingerprint density at radius 2 is 2.14 bits per heavy atom. The first-order valence-corrected chi connectivity index (χ1v) is 7.84. The minimum absolute atomic E-state index is 0.0887. The number of aryl methyl sites for hydroxylation is 1. The number of carboxylic acids is 1. The molecule has 0 spiro atoms.